The molecule has 6 rings (SSSR count). The van der Waals surface area contributed by atoms with Crippen LogP contribution in [0.4, 0.5) is 0 Å². The number of nitrogens with two attached hydrogens (primary N) is 1. The van der Waals surface area contributed by atoms with Gasteiger partial charge in [-0.25, -0.2) is 9.98 Å². The van der Waals surface area contributed by atoms with E-state index in [1.165, 1.54) is 0 Å². The van der Waals surface area contributed by atoms with Gasteiger partial charge in [0.05, 0.1) is 49.4 Å². The first-order valence-corrected chi connectivity index (χ1v) is 20.4. The maximum atomic E-state index is 14.5. The number of ketones is 1. The van der Waals surface area contributed by atoms with Gasteiger partial charge in [0.15, 0.2) is 11.9 Å². The lowest BCUT2D eigenvalue weighted by atomic mass is 9.75. The van der Waals surface area contributed by atoms with Gasteiger partial charge in [-0.1, -0.05) is 38.1 Å². The number of Topliss-reactive ketones (excluding diaryl/α,β-unsaturated/α-hetero) is 1. The topological polar surface area (TPSA) is 191 Å². The van der Waals surface area contributed by atoms with E-state index in [0.717, 1.165) is 11.3 Å². The fourth-order valence-electron chi connectivity index (χ4n) is 8.86. The average molecular weight is 811 g/mol. The van der Waals surface area contributed by atoms with E-state index in [9.17, 15) is 14.7 Å². The SMILES string of the molecule is CC[C@H]1OC(=O)[C@H](C)[C@H]2C[C@@H](OC3O[C@H](C)C[C@H](N(C)C)[C@H]3O)[C@](C)(C[C@@H](C)C(=O)[C@H](C)C3N=C(N)OC31C)OC/C(=N/OCc1ccc(-n3ccnc3)cc1)CO2. The van der Waals surface area contributed by atoms with Gasteiger partial charge in [0.25, 0.3) is 6.02 Å². The quantitative estimate of drug-likeness (QED) is 0.290. The number of aliphatic hydroxyl groups excluding tert-OH is 1. The fraction of sp³-hybridized carbons (Fsp3) is 0.690. The number of hydrogen-bond acceptors (Lipinski definition) is 15. The van der Waals surface area contributed by atoms with Gasteiger partial charge in [0, 0.05) is 42.4 Å². The van der Waals surface area contributed by atoms with Gasteiger partial charge in [0.2, 0.25) is 0 Å². The molecule has 0 aliphatic carbocycles. The first kappa shape index (κ1) is 43.6. The van der Waals surface area contributed by atoms with Crippen LogP contribution in [0.1, 0.15) is 79.7 Å². The second-order valence-corrected chi connectivity index (χ2v) is 17.1. The summed E-state index contributed by atoms with van der Waals surface area (Å²) in [6, 6.07) is 6.83. The zero-order chi connectivity index (χ0) is 41.9. The predicted octanol–water partition coefficient (Wildman–Crippen LogP) is 3.80. The summed E-state index contributed by atoms with van der Waals surface area (Å²) < 4.78 is 40.7. The summed E-state index contributed by atoms with van der Waals surface area (Å²) in [5, 5.41) is 16.1. The van der Waals surface area contributed by atoms with Crippen molar-refractivity contribution in [2.45, 2.75) is 141 Å². The second kappa shape index (κ2) is 18.1. The van der Waals surface area contributed by atoms with Crippen LogP contribution in [-0.2, 0) is 49.5 Å². The maximum Gasteiger partial charge on any atom is 0.311 e. The Balaban J connectivity index is 1.35. The number of esters is 1. The van der Waals surface area contributed by atoms with Crippen LogP contribution >= 0.6 is 0 Å². The van der Waals surface area contributed by atoms with Gasteiger partial charge in [-0.3, -0.25) is 9.59 Å². The average Bonchev–Trinajstić information content (AvgIpc) is 3.85. The largest absolute Gasteiger partial charge is 0.458 e. The lowest BCUT2D eigenvalue weighted by molar-refractivity contribution is -0.294. The van der Waals surface area contributed by atoms with E-state index in [4.69, 9.17) is 39.0 Å². The molecule has 0 amide bonds. The number of carbonyl (C=O) groups excluding carboxylic acids is 2. The monoisotopic (exact) mass is 810 g/mol. The van der Waals surface area contributed by atoms with Crippen LogP contribution in [0, 0.1) is 17.8 Å². The maximum absolute atomic E-state index is 14.5. The summed E-state index contributed by atoms with van der Waals surface area (Å²) in [5.74, 6) is -2.66. The molecule has 320 valence electrons. The Kier molecular flexibility index (Phi) is 13.6. The lowest BCUT2D eigenvalue weighted by Crippen LogP contribution is -2.58. The normalized spacial score (nSPS) is 38.5. The highest BCUT2D eigenvalue weighted by Gasteiger charge is 2.55. The molecule has 0 saturated carbocycles. The molecular weight excluding hydrogens is 748 g/mol. The van der Waals surface area contributed by atoms with Crippen LogP contribution in [0.5, 0.6) is 0 Å². The van der Waals surface area contributed by atoms with Crippen molar-refractivity contribution in [3.8, 4) is 5.69 Å². The smallest absolute Gasteiger partial charge is 0.311 e. The van der Waals surface area contributed by atoms with Gasteiger partial charge < -0.3 is 53.6 Å². The van der Waals surface area contributed by atoms with Crippen LogP contribution in [0.15, 0.2) is 53.1 Å². The third-order valence-corrected chi connectivity index (χ3v) is 12.4. The summed E-state index contributed by atoms with van der Waals surface area (Å²) in [6.45, 7) is 13.1. The van der Waals surface area contributed by atoms with Crippen molar-refractivity contribution >= 4 is 23.5 Å². The molecule has 16 nitrogen and oxygen atoms in total. The molecule has 3 fully saturated rings. The molecule has 4 aliphatic rings. The molecule has 3 N–H and O–H groups in total. The molecule has 0 radical (unpaired) electrons. The van der Waals surface area contributed by atoms with Crippen LogP contribution < -0.4 is 5.73 Å². The van der Waals surface area contributed by atoms with E-state index in [-0.39, 0.29) is 56.6 Å². The number of carbonyl (C=O) groups is 2. The van der Waals surface area contributed by atoms with E-state index in [0.29, 0.717) is 18.6 Å². The Morgan fingerprint density at radius 3 is 2.48 bits per heavy atom. The van der Waals surface area contributed by atoms with Crippen molar-refractivity contribution in [2.75, 3.05) is 27.3 Å². The van der Waals surface area contributed by atoms with E-state index < -0.39 is 71.7 Å². The summed E-state index contributed by atoms with van der Waals surface area (Å²) in [5.41, 5.74) is 6.06. The van der Waals surface area contributed by atoms with E-state index >= 15 is 0 Å². The van der Waals surface area contributed by atoms with Gasteiger partial charge in [0.1, 0.15) is 36.4 Å². The number of amidine groups is 1. The lowest BCUT2D eigenvalue weighted by Gasteiger charge is -2.46. The molecule has 5 heterocycles. The number of cyclic esters (lactones) is 1. The molecule has 3 unspecified atom stereocenters. The van der Waals surface area contributed by atoms with Crippen LogP contribution in [0.2, 0.25) is 0 Å². The highest BCUT2D eigenvalue weighted by molar-refractivity contribution is 5.87. The number of fused-ring (bicyclic) bond motifs is 4. The number of rotatable bonds is 8. The molecule has 13 atom stereocenters. The zero-order valence-electron chi connectivity index (χ0n) is 35.3. The third kappa shape index (κ3) is 9.42. The molecule has 1 aromatic carbocycles. The summed E-state index contributed by atoms with van der Waals surface area (Å²) in [7, 11) is 3.82. The summed E-state index contributed by atoms with van der Waals surface area (Å²) in [6.07, 6.45) is 2.00. The van der Waals surface area contributed by atoms with Crippen LogP contribution in [0.3, 0.4) is 0 Å². The molecule has 2 bridgehead atoms. The number of aliphatic hydroxyl groups is 1. The Morgan fingerprint density at radius 1 is 1.07 bits per heavy atom. The highest BCUT2D eigenvalue weighted by atomic mass is 16.7. The molecule has 1 aromatic heterocycles. The zero-order valence-corrected chi connectivity index (χ0v) is 35.3. The highest BCUT2D eigenvalue weighted by Crippen LogP contribution is 2.41. The summed E-state index contributed by atoms with van der Waals surface area (Å²) in [4.78, 5) is 45.2. The van der Waals surface area contributed by atoms with Crippen molar-refractivity contribution in [1.29, 1.82) is 0 Å². The molecule has 58 heavy (non-hydrogen) atoms. The third-order valence-electron chi connectivity index (χ3n) is 12.4. The molecule has 16 heteroatoms. The number of ether oxygens (including phenoxy) is 6. The molecular formula is C42H62N6O10. The fourth-order valence-corrected chi connectivity index (χ4v) is 8.86. The number of oxime groups is 1. The Morgan fingerprint density at radius 2 is 1.81 bits per heavy atom. The van der Waals surface area contributed by atoms with Crippen LogP contribution in [-0.4, -0.2) is 130 Å². The number of aliphatic imine (C=N–C) groups is 1. The first-order valence-electron chi connectivity index (χ1n) is 20.4. The summed E-state index contributed by atoms with van der Waals surface area (Å²) >= 11 is 0. The minimum Gasteiger partial charge on any atom is -0.458 e. The van der Waals surface area contributed by atoms with E-state index in [2.05, 4.69) is 15.1 Å². The minimum atomic E-state index is -1.19. The Labute approximate surface area is 341 Å². The minimum absolute atomic E-state index is 0.0249. The molecule has 2 aromatic rings. The number of likely N-dealkylation sites (N-methyl/N-ethyl adjacent to an activating group) is 1. The molecule has 3 saturated heterocycles. The molecule has 4 aliphatic heterocycles. The number of imidazole rings is 1. The number of nitrogens with zero attached hydrogens (tertiary/aromatic N) is 5. The van der Waals surface area contributed by atoms with Crippen molar-refractivity contribution < 1.29 is 48.0 Å². The van der Waals surface area contributed by atoms with E-state index in [1.54, 1.807) is 26.4 Å². The number of hydrogen-bond donors (Lipinski definition) is 2. The Hall–Kier alpha value is -3.93. The number of aromatic nitrogens is 2. The Bertz CT molecular complexity index is 1770. The van der Waals surface area contributed by atoms with Gasteiger partial charge in [-0.05, 0) is 78.7 Å². The predicted molar refractivity (Wildman–Crippen MR) is 214 cm³/mol. The van der Waals surface area contributed by atoms with Crippen molar-refractivity contribution in [2.24, 2.45) is 33.6 Å². The van der Waals surface area contributed by atoms with Crippen LogP contribution in [0.25, 0.3) is 5.69 Å². The van der Waals surface area contributed by atoms with Gasteiger partial charge in [-0.2, -0.15) is 0 Å². The first-order chi connectivity index (χ1) is 27.5. The standard InChI is InChI=1S/C42H62N6O10/c1-10-33-42(7)37(45-40(43)58-42)27(5)35(49)24(2)19-41(6)34(57-39-36(50)31(47(8)9)17-25(3)55-39)18-32(26(4)38(51)56-33)52-21-29(22-53-41)46-54-20-28-11-13-30(14-12-28)48-16-15-44-23-48/h11-16,23-27,31-34,36-37,39,50H,10,17-22H2,1-9H3,(H2,43,45)/b46-29+/t24-,25-,26-,27+,31+,32-,33-,34-,36-,37?,39?,41+,42?/m1/s1. The van der Waals surface area contributed by atoms with E-state index in [1.807, 2.05) is 88.6 Å². The van der Waals surface area contributed by atoms with Crippen molar-refractivity contribution in [3.63, 3.8) is 0 Å². The van der Waals surface area contributed by atoms with Gasteiger partial charge >= 0.3 is 5.97 Å². The molecule has 0 spiro atoms. The second-order valence-electron chi connectivity index (χ2n) is 17.1. The van der Waals surface area contributed by atoms with Gasteiger partial charge in [-0.15, -0.1) is 0 Å². The van der Waals surface area contributed by atoms with Crippen molar-refractivity contribution in [3.05, 3.63) is 48.5 Å². The van der Waals surface area contributed by atoms with Crippen molar-refractivity contribution in [1.82, 2.24) is 14.5 Å². The number of benzene rings is 1.